The van der Waals surface area contributed by atoms with E-state index in [9.17, 15) is 19.1 Å². The zero-order chi connectivity index (χ0) is 22.4. The summed E-state index contributed by atoms with van der Waals surface area (Å²) in [7, 11) is 0. The maximum Gasteiger partial charge on any atom is 0.290 e. The van der Waals surface area contributed by atoms with Crippen LogP contribution < -0.4 is 0 Å². The molecule has 162 valence electrons. The van der Waals surface area contributed by atoms with Crippen molar-refractivity contribution in [3.8, 4) is 0 Å². The normalized spacial score (nSPS) is 16.7. The highest BCUT2D eigenvalue weighted by molar-refractivity contribution is 6.14. The van der Waals surface area contributed by atoms with Crippen LogP contribution >= 0.6 is 0 Å². The van der Waals surface area contributed by atoms with Gasteiger partial charge >= 0.3 is 0 Å². The molecule has 1 atom stereocenters. The van der Waals surface area contributed by atoms with Gasteiger partial charge in [0.25, 0.3) is 5.91 Å². The van der Waals surface area contributed by atoms with E-state index < -0.39 is 29.3 Å². The largest absolute Gasteiger partial charge is 0.503 e. The average Bonchev–Trinajstić information content (AvgIpc) is 3.04. The summed E-state index contributed by atoms with van der Waals surface area (Å²) >= 11 is 0. The minimum atomic E-state index is -0.841. The molecule has 1 amide bonds. The Balaban J connectivity index is 1.95. The lowest BCUT2D eigenvalue weighted by Gasteiger charge is -2.29. The van der Waals surface area contributed by atoms with Crippen molar-refractivity contribution in [1.82, 2.24) is 9.80 Å². The molecule has 1 aliphatic heterocycles. The summed E-state index contributed by atoms with van der Waals surface area (Å²) < 4.78 is 14.0. The molecule has 0 bridgehead atoms. The number of allylic oxidation sites excluding steroid dienone is 1. The molecule has 6 heteroatoms. The number of nitrogens with zero attached hydrogens (tertiary/aromatic N) is 2. The first kappa shape index (κ1) is 22.4. The summed E-state index contributed by atoms with van der Waals surface area (Å²) in [6.07, 6.45) is 2.97. The Morgan fingerprint density at radius 1 is 1.13 bits per heavy atom. The summed E-state index contributed by atoms with van der Waals surface area (Å²) in [5, 5.41) is 10.6. The molecule has 1 aliphatic rings. The van der Waals surface area contributed by atoms with Crippen LogP contribution in [-0.2, 0) is 9.59 Å². The van der Waals surface area contributed by atoms with Gasteiger partial charge in [0.2, 0.25) is 0 Å². The summed E-state index contributed by atoms with van der Waals surface area (Å²) in [5.74, 6) is -2.13. The zero-order valence-corrected chi connectivity index (χ0v) is 17.8. The van der Waals surface area contributed by atoms with E-state index in [2.05, 4.69) is 4.90 Å². The first-order chi connectivity index (χ1) is 15.0. The number of aliphatic hydroxyl groups is 1. The number of likely N-dealkylation sites (N-methyl/N-ethyl adjacent to an activating group) is 1. The fourth-order valence-corrected chi connectivity index (χ4v) is 3.77. The molecule has 1 heterocycles. The molecule has 0 aromatic heterocycles. The predicted molar refractivity (Wildman–Crippen MR) is 119 cm³/mol. The van der Waals surface area contributed by atoms with Crippen LogP contribution in [0.5, 0.6) is 0 Å². The second-order valence-electron chi connectivity index (χ2n) is 7.35. The van der Waals surface area contributed by atoms with E-state index in [4.69, 9.17) is 0 Å². The van der Waals surface area contributed by atoms with Gasteiger partial charge in [0.1, 0.15) is 5.82 Å². The van der Waals surface area contributed by atoms with E-state index in [0.717, 1.165) is 18.7 Å². The topological polar surface area (TPSA) is 60.9 Å². The lowest BCUT2D eigenvalue weighted by molar-refractivity contribution is -0.129. The van der Waals surface area contributed by atoms with Crippen LogP contribution in [0.3, 0.4) is 0 Å². The molecular formula is C25H27FN2O3. The molecule has 2 aromatic carbocycles. The van der Waals surface area contributed by atoms with Crippen molar-refractivity contribution in [3.63, 3.8) is 0 Å². The first-order valence-electron chi connectivity index (χ1n) is 10.5. The second kappa shape index (κ2) is 10.2. The fraction of sp³-hybridized carbons (Fsp3) is 0.280. The van der Waals surface area contributed by atoms with E-state index in [1.807, 2.05) is 44.2 Å². The van der Waals surface area contributed by atoms with Crippen LogP contribution in [-0.4, -0.2) is 52.8 Å². The Bertz CT molecular complexity index is 997. The van der Waals surface area contributed by atoms with Crippen LogP contribution in [0.25, 0.3) is 6.08 Å². The van der Waals surface area contributed by atoms with Crippen LogP contribution in [0, 0.1) is 5.82 Å². The molecule has 0 spiro atoms. The first-order valence-corrected chi connectivity index (χ1v) is 10.5. The zero-order valence-electron chi connectivity index (χ0n) is 17.8. The van der Waals surface area contributed by atoms with Crippen molar-refractivity contribution in [2.45, 2.75) is 19.9 Å². The van der Waals surface area contributed by atoms with Crippen molar-refractivity contribution < 1.29 is 19.1 Å². The highest BCUT2D eigenvalue weighted by Crippen LogP contribution is 2.38. The number of hydrogen-bond donors (Lipinski definition) is 1. The van der Waals surface area contributed by atoms with Gasteiger partial charge in [-0.25, -0.2) is 4.39 Å². The quantitative estimate of drug-likeness (QED) is 0.617. The number of aliphatic hydroxyl groups excluding tert-OH is 1. The van der Waals surface area contributed by atoms with Crippen molar-refractivity contribution >= 4 is 17.8 Å². The highest BCUT2D eigenvalue weighted by Gasteiger charge is 2.42. The summed E-state index contributed by atoms with van der Waals surface area (Å²) in [5.41, 5.74) is 1.25. The summed E-state index contributed by atoms with van der Waals surface area (Å²) in [4.78, 5) is 29.5. The van der Waals surface area contributed by atoms with Crippen LogP contribution in [0.1, 0.15) is 31.0 Å². The molecule has 0 aliphatic carbocycles. The average molecular weight is 423 g/mol. The fourth-order valence-electron chi connectivity index (χ4n) is 3.77. The number of halogens is 1. The summed E-state index contributed by atoms with van der Waals surface area (Å²) in [6.45, 7) is 6.57. The monoisotopic (exact) mass is 422 g/mol. The third-order valence-electron chi connectivity index (χ3n) is 5.51. The Morgan fingerprint density at radius 2 is 1.84 bits per heavy atom. The minimum Gasteiger partial charge on any atom is -0.503 e. The van der Waals surface area contributed by atoms with Gasteiger partial charge in [-0.1, -0.05) is 62.4 Å². The molecule has 0 saturated heterocycles. The number of carbonyl (C=O) groups is 2. The Labute approximate surface area is 182 Å². The van der Waals surface area contributed by atoms with Crippen molar-refractivity contribution in [3.05, 3.63) is 88.9 Å². The maximum absolute atomic E-state index is 14.0. The van der Waals surface area contributed by atoms with E-state index in [1.165, 1.54) is 29.2 Å². The van der Waals surface area contributed by atoms with Crippen LogP contribution in [0.2, 0.25) is 0 Å². The van der Waals surface area contributed by atoms with Gasteiger partial charge < -0.3 is 14.9 Å². The number of carbonyl (C=O) groups excluding carboxylic acids is 2. The van der Waals surface area contributed by atoms with E-state index in [1.54, 1.807) is 12.1 Å². The molecule has 2 aromatic rings. The molecular weight excluding hydrogens is 395 g/mol. The third-order valence-corrected chi connectivity index (χ3v) is 5.51. The van der Waals surface area contributed by atoms with Crippen LogP contribution in [0.15, 0.2) is 72.0 Å². The lowest BCUT2D eigenvalue weighted by atomic mass is 9.95. The van der Waals surface area contributed by atoms with Crippen molar-refractivity contribution in [2.75, 3.05) is 26.2 Å². The molecule has 1 N–H and O–H groups in total. The smallest absolute Gasteiger partial charge is 0.290 e. The van der Waals surface area contributed by atoms with Gasteiger partial charge in [0.15, 0.2) is 11.5 Å². The molecule has 0 unspecified atom stereocenters. The van der Waals surface area contributed by atoms with Crippen molar-refractivity contribution in [1.29, 1.82) is 0 Å². The highest BCUT2D eigenvalue weighted by atomic mass is 19.1. The summed E-state index contributed by atoms with van der Waals surface area (Å²) in [6, 6.07) is 14.2. The Morgan fingerprint density at radius 3 is 2.48 bits per heavy atom. The van der Waals surface area contributed by atoms with Gasteiger partial charge in [-0.2, -0.15) is 0 Å². The van der Waals surface area contributed by atoms with Gasteiger partial charge in [-0.3, -0.25) is 9.59 Å². The van der Waals surface area contributed by atoms with E-state index >= 15 is 0 Å². The van der Waals surface area contributed by atoms with E-state index in [0.29, 0.717) is 18.7 Å². The molecule has 0 fully saturated rings. The third kappa shape index (κ3) is 5.09. The number of benzene rings is 2. The molecule has 0 radical (unpaired) electrons. The van der Waals surface area contributed by atoms with E-state index in [-0.39, 0.29) is 5.57 Å². The van der Waals surface area contributed by atoms with Crippen molar-refractivity contribution in [2.24, 2.45) is 0 Å². The van der Waals surface area contributed by atoms with Crippen LogP contribution in [0.4, 0.5) is 4.39 Å². The lowest BCUT2D eigenvalue weighted by Crippen LogP contribution is -2.38. The molecule has 5 nitrogen and oxygen atoms in total. The SMILES string of the molecule is CCN(CC)CCN1C(=O)C(O)=C(C(=O)/C=C/c2ccccc2)[C@H]1c1cccc(F)c1. The molecule has 31 heavy (non-hydrogen) atoms. The number of ketones is 1. The minimum absolute atomic E-state index is 0.0256. The van der Waals surface area contributed by atoms with Gasteiger partial charge in [-0.15, -0.1) is 0 Å². The maximum atomic E-state index is 14.0. The second-order valence-corrected chi connectivity index (χ2v) is 7.35. The van der Waals surface area contributed by atoms with Gasteiger partial charge in [0.05, 0.1) is 11.6 Å². The molecule has 3 rings (SSSR count). The number of hydrogen-bond acceptors (Lipinski definition) is 4. The molecule has 0 saturated carbocycles. The number of amides is 1. The predicted octanol–water partition coefficient (Wildman–Crippen LogP) is 4.15. The van der Waals surface area contributed by atoms with Gasteiger partial charge in [-0.05, 0) is 42.4 Å². The Hall–Kier alpha value is -3.25. The standard InChI is InChI=1S/C25H27FN2O3/c1-3-27(4-2)15-16-28-23(19-11-8-12-20(26)17-19)22(24(30)25(28)31)21(29)14-13-18-9-6-5-7-10-18/h5-14,17,23,30H,3-4,15-16H2,1-2H3/b14-13+/t23-/m1/s1. The number of rotatable bonds is 9. The van der Waals surface area contributed by atoms with Gasteiger partial charge in [0, 0.05) is 13.1 Å². The Kier molecular flexibility index (Phi) is 7.36.